The zero-order valence-electron chi connectivity index (χ0n) is 14.7. The summed E-state index contributed by atoms with van der Waals surface area (Å²) in [6.07, 6.45) is 5.43. The first kappa shape index (κ1) is 18.7. The number of carbonyl (C=O) groups excluding carboxylic acids is 2. The van der Waals surface area contributed by atoms with Gasteiger partial charge in [0.25, 0.3) is 0 Å². The van der Waals surface area contributed by atoms with E-state index in [-0.39, 0.29) is 6.10 Å². The summed E-state index contributed by atoms with van der Waals surface area (Å²) in [5, 5.41) is 0. The Balaban J connectivity index is 2.56. The predicted molar refractivity (Wildman–Crippen MR) is 86.2 cm³/mol. The molecule has 0 N–H and O–H groups in total. The van der Waals surface area contributed by atoms with Gasteiger partial charge in [-0.1, -0.05) is 27.2 Å². The first-order chi connectivity index (χ1) is 10.1. The van der Waals surface area contributed by atoms with Gasteiger partial charge in [0.2, 0.25) is 0 Å². The Morgan fingerprint density at radius 2 is 1.68 bits per heavy atom. The van der Waals surface area contributed by atoms with Gasteiger partial charge in [0, 0.05) is 12.2 Å². The summed E-state index contributed by atoms with van der Waals surface area (Å²) in [5.41, 5.74) is -0.563. The van der Waals surface area contributed by atoms with Crippen LogP contribution in [0.3, 0.4) is 0 Å². The zero-order chi connectivity index (χ0) is 16.9. The van der Waals surface area contributed by atoms with Gasteiger partial charge < -0.3 is 9.47 Å². The molecule has 1 rings (SSSR count). The van der Waals surface area contributed by atoms with E-state index < -0.39 is 17.5 Å². The molecule has 1 saturated carbocycles. The summed E-state index contributed by atoms with van der Waals surface area (Å²) in [5.74, 6) is 0.468. The van der Waals surface area contributed by atoms with Crippen molar-refractivity contribution in [2.24, 2.45) is 17.8 Å². The van der Waals surface area contributed by atoms with E-state index in [4.69, 9.17) is 9.47 Å². The van der Waals surface area contributed by atoms with Crippen LogP contribution < -0.4 is 0 Å². The Morgan fingerprint density at radius 1 is 1.09 bits per heavy atom. The molecule has 0 heterocycles. The highest BCUT2D eigenvalue weighted by Gasteiger charge is 2.33. The van der Waals surface area contributed by atoms with Gasteiger partial charge in [-0.3, -0.25) is 0 Å². The summed E-state index contributed by atoms with van der Waals surface area (Å²) in [6.45, 7) is 11.9. The van der Waals surface area contributed by atoms with Gasteiger partial charge in [-0.2, -0.15) is 0 Å². The van der Waals surface area contributed by atoms with E-state index in [0.29, 0.717) is 17.8 Å². The minimum Gasteiger partial charge on any atom is -0.459 e. The Kier molecular flexibility index (Phi) is 6.64. The molecule has 0 amide bonds. The molecule has 0 saturated heterocycles. The average Bonchev–Trinajstić information content (AvgIpc) is 2.34. The molecule has 22 heavy (non-hydrogen) atoms. The molecule has 3 atom stereocenters. The van der Waals surface area contributed by atoms with Gasteiger partial charge in [-0.25, -0.2) is 9.59 Å². The molecule has 1 aliphatic rings. The zero-order valence-corrected chi connectivity index (χ0v) is 14.7. The fourth-order valence-corrected chi connectivity index (χ4v) is 2.91. The third-order valence-corrected chi connectivity index (χ3v) is 3.99. The molecule has 126 valence electrons. The Hall–Kier alpha value is -1.32. The normalized spacial score (nSPS) is 26.2. The Labute approximate surface area is 134 Å². The van der Waals surface area contributed by atoms with Gasteiger partial charge in [-0.05, 0) is 51.4 Å². The molecule has 0 aromatic heterocycles. The lowest BCUT2D eigenvalue weighted by molar-refractivity contribution is -0.152. The minimum absolute atomic E-state index is 0.0560. The molecule has 4 nitrogen and oxygen atoms in total. The second-order valence-corrected chi connectivity index (χ2v) is 7.67. The molecular formula is C18H30O4. The molecule has 1 fully saturated rings. The molecule has 0 spiro atoms. The molecular weight excluding hydrogens is 280 g/mol. The quantitative estimate of drug-likeness (QED) is 0.584. The van der Waals surface area contributed by atoms with Gasteiger partial charge in [0.15, 0.2) is 0 Å². The molecule has 1 aliphatic carbocycles. The number of esters is 2. The SMILES string of the molecule is CC1CCC(C(C)C)C(OC(=O)C=CC(=O)OC(C)(C)C)C1. The highest BCUT2D eigenvalue weighted by atomic mass is 16.6. The van der Waals surface area contributed by atoms with Gasteiger partial charge in [0.05, 0.1) is 0 Å². The largest absolute Gasteiger partial charge is 0.459 e. The Bertz CT molecular complexity index is 417. The average molecular weight is 310 g/mol. The lowest BCUT2D eigenvalue weighted by Gasteiger charge is -2.36. The molecule has 0 radical (unpaired) electrons. The number of rotatable bonds is 4. The van der Waals surface area contributed by atoms with Crippen LogP contribution in [-0.4, -0.2) is 23.6 Å². The molecule has 0 aromatic carbocycles. The monoisotopic (exact) mass is 310 g/mol. The fourth-order valence-electron chi connectivity index (χ4n) is 2.91. The maximum atomic E-state index is 11.9. The van der Waals surface area contributed by atoms with Crippen molar-refractivity contribution in [3.8, 4) is 0 Å². The summed E-state index contributed by atoms with van der Waals surface area (Å²) >= 11 is 0. The van der Waals surface area contributed by atoms with Crippen LogP contribution in [0.1, 0.15) is 60.8 Å². The second-order valence-electron chi connectivity index (χ2n) is 7.67. The Morgan fingerprint density at radius 3 is 2.23 bits per heavy atom. The third-order valence-electron chi connectivity index (χ3n) is 3.99. The lowest BCUT2D eigenvalue weighted by Crippen LogP contribution is -2.35. The van der Waals surface area contributed by atoms with E-state index in [1.54, 1.807) is 20.8 Å². The number of hydrogen-bond donors (Lipinski definition) is 0. The van der Waals surface area contributed by atoms with Crippen molar-refractivity contribution in [1.82, 2.24) is 0 Å². The number of carbonyl (C=O) groups is 2. The van der Waals surface area contributed by atoms with Crippen LogP contribution in [-0.2, 0) is 19.1 Å². The number of ether oxygens (including phenoxy) is 2. The van der Waals surface area contributed by atoms with Crippen molar-refractivity contribution < 1.29 is 19.1 Å². The van der Waals surface area contributed by atoms with E-state index in [1.165, 1.54) is 12.5 Å². The van der Waals surface area contributed by atoms with Crippen molar-refractivity contribution in [1.29, 1.82) is 0 Å². The highest BCUT2D eigenvalue weighted by Crippen LogP contribution is 2.35. The van der Waals surface area contributed by atoms with E-state index >= 15 is 0 Å². The summed E-state index contributed by atoms with van der Waals surface area (Å²) in [7, 11) is 0. The second kappa shape index (κ2) is 7.80. The van der Waals surface area contributed by atoms with Crippen molar-refractivity contribution in [2.45, 2.75) is 72.5 Å². The van der Waals surface area contributed by atoms with Crippen LogP contribution in [0, 0.1) is 17.8 Å². The first-order valence-electron chi connectivity index (χ1n) is 8.20. The number of hydrogen-bond acceptors (Lipinski definition) is 4. The highest BCUT2D eigenvalue weighted by molar-refractivity contribution is 5.91. The topological polar surface area (TPSA) is 52.6 Å². The lowest BCUT2D eigenvalue weighted by atomic mass is 9.75. The standard InChI is InChI=1S/C18H30O4/c1-12(2)14-8-7-13(3)11-15(14)21-16(19)9-10-17(20)22-18(4,5)6/h9-10,12-15H,7-8,11H2,1-6H3. The van der Waals surface area contributed by atoms with E-state index in [1.807, 2.05) is 0 Å². The molecule has 3 unspecified atom stereocenters. The van der Waals surface area contributed by atoms with Crippen LogP contribution in [0.5, 0.6) is 0 Å². The van der Waals surface area contributed by atoms with Crippen LogP contribution in [0.15, 0.2) is 12.2 Å². The maximum Gasteiger partial charge on any atom is 0.331 e. The predicted octanol–water partition coefficient (Wildman–Crippen LogP) is 3.89. The van der Waals surface area contributed by atoms with Crippen molar-refractivity contribution in [2.75, 3.05) is 0 Å². The smallest absolute Gasteiger partial charge is 0.331 e. The van der Waals surface area contributed by atoms with Crippen molar-refractivity contribution >= 4 is 11.9 Å². The van der Waals surface area contributed by atoms with E-state index in [0.717, 1.165) is 18.9 Å². The summed E-state index contributed by atoms with van der Waals surface area (Å²) in [4.78, 5) is 23.5. The van der Waals surface area contributed by atoms with E-state index in [9.17, 15) is 9.59 Å². The molecule has 0 aliphatic heterocycles. The van der Waals surface area contributed by atoms with Crippen LogP contribution >= 0.6 is 0 Å². The minimum atomic E-state index is -0.563. The first-order valence-corrected chi connectivity index (χ1v) is 8.20. The third kappa shape index (κ3) is 6.63. The van der Waals surface area contributed by atoms with Crippen molar-refractivity contribution in [3.05, 3.63) is 12.2 Å². The van der Waals surface area contributed by atoms with Gasteiger partial charge >= 0.3 is 11.9 Å². The molecule has 4 heteroatoms. The van der Waals surface area contributed by atoms with Gasteiger partial charge in [0.1, 0.15) is 11.7 Å². The molecule has 0 aromatic rings. The maximum absolute atomic E-state index is 11.9. The van der Waals surface area contributed by atoms with Crippen LogP contribution in [0.2, 0.25) is 0 Å². The van der Waals surface area contributed by atoms with Crippen LogP contribution in [0.25, 0.3) is 0 Å². The van der Waals surface area contributed by atoms with Crippen molar-refractivity contribution in [3.63, 3.8) is 0 Å². The summed E-state index contributed by atoms with van der Waals surface area (Å²) < 4.78 is 10.7. The van der Waals surface area contributed by atoms with Crippen LogP contribution in [0.4, 0.5) is 0 Å². The van der Waals surface area contributed by atoms with E-state index in [2.05, 4.69) is 20.8 Å². The molecule has 0 bridgehead atoms. The fraction of sp³-hybridized carbons (Fsp3) is 0.778. The van der Waals surface area contributed by atoms with Gasteiger partial charge in [-0.15, -0.1) is 0 Å². The summed E-state index contributed by atoms with van der Waals surface area (Å²) in [6, 6.07) is 0.